The third kappa shape index (κ3) is 5.08. The molecule has 1 aromatic carbocycles. The lowest BCUT2D eigenvalue weighted by Crippen LogP contribution is -2.37. The minimum absolute atomic E-state index is 0.0506. The summed E-state index contributed by atoms with van der Waals surface area (Å²) in [7, 11) is 0. The first-order chi connectivity index (χ1) is 15.4. The number of nitrogens with zero attached hydrogens (tertiary/aromatic N) is 4. The van der Waals surface area contributed by atoms with Crippen LogP contribution in [-0.4, -0.2) is 39.1 Å². The molecular weight excluding hydrogens is 431 g/mol. The molecule has 3 aromatic rings. The average Bonchev–Trinajstić information content (AvgIpc) is 3.18. The first-order valence-corrected chi connectivity index (χ1v) is 11.1. The van der Waals surface area contributed by atoms with Crippen molar-refractivity contribution in [1.82, 2.24) is 14.3 Å². The van der Waals surface area contributed by atoms with Gasteiger partial charge in [0.15, 0.2) is 17.3 Å². The highest BCUT2D eigenvalue weighted by Crippen LogP contribution is 2.28. The fourth-order valence-electron chi connectivity index (χ4n) is 3.82. The molecule has 1 aliphatic rings. The van der Waals surface area contributed by atoms with Crippen LogP contribution in [-0.2, 0) is 0 Å². The fraction of sp³-hybridized carbons (Fsp3) is 0.318. The van der Waals surface area contributed by atoms with Gasteiger partial charge in [0.05, 0.1) is 11.9 Å². The van der Waals surface area contributed by atoms with Gasteiger partial charge in [0.25, 0.3) is 5.91 Å². The first kappa shape index (κ1) is 21.8. The summed E-state index contributed by atoms with van der Waals surface area (Å²) in [6.07, 6.45) is 3.64. The van der Waals surface area contributed by atoms with Gasteiger partial charge in [0.1, 0.15) is 16.6 Å². The number of carbonyl (C=O) groups excluding carboxylic acids is 2. The third-order valence-corrected chi connectivity index (χ3v) is 6.12. The average molecular weight is 455 g/mol. The molecule has 0 radical (unpaired) electrons. The topological polar surface area (TPSA) is 114 Å². The second kappa shape index (κ2) is 9.39. The molecule has 1 fully saturated rings. The molecule has 1 atom stereocenters. The number of aryl methyl sites for hydroxylation is 1. The quantitative estimate of drug-likeness (QED) is 0.523. The Morgan fingerprint density at radius 2 is 2.19 bits per heavy atom. The van der Waals surface area contributed by atoms with Gasteiger partial charge in [0, 0.05) is 25.1 Å². The molecule has 0 unspecified atom stereocenters. The molecule has 0 bridgehead atoms. The van der Waals surface area contributed by atoms with E-state index in [4.69, 9.17) is 5.73 Å². The molecule has 0 aliphatic carbocycles. The van der Waals surface area contributed by atoms with Crippen LogP contribution in [0.25, 0.3) is 0 Å². The minimum atomic E-state index is -0.676. The van der Waals surface area contributed by atoms with Gasteiger partial charge in [-0.1, -0.05) is 12.1 Å². The van der Waals surface area contributed by atoms with E-state index in [9.17, 15) is 14.0 Å². The standard InChI is InChI=1S/C22H23FN6O2S/c1-13-8-19(32-28-13)27-22-20(21(24)31)25-11-18(26-22)29-7-3-4-14(12-29)9-17(30)15-5-2-6-16(23)10-15/h2,5-6,8,10-11,14H,3-4,7,9,12H2,1H3,(H2,24,31)(H,26,27)/t14-/m0/s1. The zero-order valence-electron chi connectivity index (χ0n) is 17.5. The number of Topliss-reactive ketones (excluding diaryl/α,β-unsaturated/α-hetero) is 1. The molecule has 3 heterocycles. The van der Waals surface area contributed by atoms with Crippen LogP contribution in [0.15, 0.2) is 36.5 Å². The van der Waals surface area contributed by atoms with E-state index in [2.05, 4.69) is 19.7 Å². The van der Waals surface area contributed by atoms with Crippen molar-refractivity contribution < 1.29 is 14.0 Å². The van der Waals surface area contributed by atoms with Gasteiger partial charge in [0.2, 0.25) is 0 Å². The molecule has 10 heteroatoms. The SMILES string of the molecule is Cc1cc(Nc2nc(N3CCC[C@@H](CC(=O)c4cccc(F)c4)C3)cnc2C(N)=O)sn1. The second-order valence-electron chi connectivity index (χ2n) is 7.84. The molecule has 3 N–H and O–H groups in total. The molecule has 4 rings (SSSR count). The molecule has 1 amide bonds. The number of piperidine rings is 1. The molecule has 1 aliphatic heterocycles. The van der Waals surface area contributed by atoms with Gasteiger partial charge < -0.3 is 16.0 Å². The summed E-state index contributed by atoms with van der Waals surface area (Å²) in [4.78, 5) is 35.3. The fourth-order valence-corrected chi connectivity index (χ4v) is 4.48. The van der Waals surface area contributed by atoms with Gasteiger partial charge in [-0.25, -0.2) is 14.4 Å². The Morgan fingerprint density at radius 1 is 1.34 bits per heavy atom. The van der Waals surface area contributed by atoms with Crippen molar-refractivity contribution in [1.29, 1.82) is 0 Å². The van der Waals surface area contributed by atoms with E-state index in [0.717, 1.165) is 30.1 Å². The maximum absolute atomic E-state index is 13.5. The molecule has 0 saturated carbocycles. The Labute approximate surface area is 188 Å². The number of aromatic nitrogens is 3. The van der Waals surface area contributed by atoms with Crippen molar-refractivity contribution in [2.75, 3.05) is 23.3 Å². The van der Waals surface area contributed by atoms with E-state index >= 15 is 0 Å². The number of primary amides is 1. The Kier molecular flexibility index (Phi) is 6.40. The summed E-state index contributed by atoms with van der Waals surface area (Å²) in [6, 6.07) is 7.63. The summed E-state index contributed by atoms with van der Waals surface area (Å²) in [5.74, 6) is -0.183. The zero-order valence-corrected chi connectivity index (χ0v) is 18.4. The smallest absolute Gasteiger partial charge is 0.271 e. The molecule has 2 aromatic heterocycles. The van der Waals surface area contributed by atoms with E-state index in [1.807, 2.05) is 17.9 Å². The van der Waals surface area contributed by atoms with Crippen LogP contribution >= 0.6 is 11.5 Å². The van der Waals surface area contributed by atoms with E-state index in [1.54, 1.807) is 12.1 Å². The number of anilines is 3. The summed E-state index contributed by atoms with van der Waals surface area (Å²) < 4.78 is 17.7. The van der Waals surface area contributed by atoms with E-state index in [-0.39, 0.29) is 23.2 Å². The highest BCUT2D eigenvalue weighted by molar-refractivity contribution is 7.10. The van der Waals surface area contributed by atoms with Gasteiger partial charge in [-0.2, -0.15) is 4.37 Å². The second-order valence-corrected chi connectivity index (χ2v) is 8.64. The molecule has 0 spiro atoms. The normalized spacial score (nSPS) is 16.1. The lowest BCUT2D eigenvalue weighted by Gasteiger charge is -2.33. The van der Waals surface area contributed by atoms with E-state index < -0.39 is 11.7 Å². The van der Waals surface area contributed by atoms with Gasteiger partial charge in [-0.05, 0) is 55.4 Å². The predicted octanol–water partition coefficient (Wildman–Crippen LogP) is 3.71. The van der Waals surface area contributed by atoms with Crippen molar-refractivity contribution >= 4 is 39.9 Å². The third-order valence-electron chi connectivity index (χ3n) is 5.33. The Morgan fingerprint density at radius 3 is 2.91 bits per heavy atom. The van der Waals surface area contributed by atoms with Crippen molar-refractivity contribution in [3.63, 3.8) is 0 Å². The van der Waals surface area contributed by atoms with Crippen LogP contribution in [0.4, 0.5) is 21.0 Å². The van der Waals surface area contributed by atoms with Gasteiger partial charge in [-0.3, -0.25) is 9.59 Å². The molecule has 32 heavy (non-hydrogen) atoms. The lowest BCUT2D eigenvalue weighted by molar-refractivity contribution is 0.0954. The number of halogens is 1. The van der Waals surface area contributed by atoms with Crippen LogP contribution < -0.4 is 16.0 Å². The summed E-state index contributed by atoms with van der Waals surface area (Å²) in [6.45, 7) is 3.25. The molecular formula is C22H23FN6O2S. The van der Waals surface area contributed by atoms with Gasteiger partial charge >= 0.3 is 0 Å². The highest BCUT2D eigenvalue weighted by Gasteiger charge is 2.25. The number of hydrogen-bond donors (Lipinski definition) is 2. The van der Waals surface area contributed by atoms with Crippen molar-refractivity contribution in [3.05, 3.63) is 59.3 Å². The Hall–Kier alpha value is -3.40. The maximum atomic E-state index is 13.5. The summed E-state index contributed by atoms with van der Waals surface area (Å²) in [5.41, 5.74) is 6.76. The monoisotopic (exact) mass is 454 g/mol. The van der Waals surface area contributed by atoms with Crippen LogP contribution in [0, 0.1) is 18.7 Å². The zero-order chi connectivity index (χ0) is 22.7. The largest absolute Gasteiger partial charge is 0.364 e. The first-order valence-electron chi connectivity index (χ1n) is 10.3. The number of nitrogens with two attached hydrogens (primary N) is 1. The maximum Gasteiger partial charge on any atom is 0.271 e. The summed E-state index contributed by atoms with van der Waals surface area (Å²) >= 11 is 1.25. The molecule has 166 valence electrons. The number of carbonyl (C=O) groups is 2. The number of ketones is 1. The van der Waals surface area contributed by atoms with Crippen molar-refractivity contribution in [3.8, 4) is 0 Å². The predicted molar refractivity (Wildman–Crippen MR) is 121 cm³/mol. The highest BCUT2D eigenvalue weighted by atomic mass is 32.1. The van der Waals surface area contributed by atoms with E-state index in [1.165, 1.54) is 29.9 Å². The van der Waals surface area contributed by atoms with Crippen LogP contribution in [0.2, 0.25) is 0 Å². The van der Waals surface area contributed by atoms with Crippen LogP contribution in [0.5, 0.6) is 0 Å². The van der Waals surface area contributed by atoms with E-state index in [0.29, 0.717) is 24.3 Å². The van der Waals surface area contributed by atoms with Crippen LogP contribution in [0.3, 0.4) is 0 Å². The van der Waals surface area contributed by atoms with Crippen molar-refractivity contribution in [2.24, 2.45) is 11.7 Å². The Balaban J connectivity index is 1.50. The summed E-state index contributed by atoms with van der Waals surface area (Å²) in [5, 5.41) is 3.82. The lowest BCUT2D eigenvalue weighted by atomic mass is 9.91. The number of rotatable bonds is 7. The molecule has 8 nitrogen and oxygen atoms in total. The number of benzene rings is 1. The molecule has 1 saturated heterocycles. The number of amides is 1. The number of hydrogen-bond acceptors (Lipinski definition) is 8. The van der Waals surface area contributed by atoms with Crippen LogP contribution in [0.1, 0.15) is 45.8 Å². The van der Waals surface area contributed by atoms with Crippen molar-refractivity contribution in [2.45, 2.75) is 26.2 Å². The number of nitrogens with one attached hydrogen (secondary N) is 1. The minimum Gasteiger partial charge on any atom is -0.364 e. The van der Waals surface area contributed by atoms with Gasteiger partial charge in [-0.15, -0.1) is 0 Å². The Bertz CT molecular complexity index is 1150.